The molecule has 1 aliphatic heterocycles. The normalized spacial score (nSPS) is 20.4. The Morgan fingerprint density at radius 1 is 1.45 bits per heavy atom. The van der Waals surface area contributed by atoms with Crippen molar-refractivity contribution in [2.45, 2.75) is 11.3 Å². The van der Waals surface area contributed by atoms with Gasteiger partial charge in [-0.15, -0.1) is 0 Å². The van der Waals surface area contributed by atoms with E-state index in [-0.39, 0.29) is 16.5 Å². The standard InChI is InChI=1S/C12H16Br2N2O3S/c1-19-7-8-2-3-16(6-8)20(17,18)12-10(14)4-9(13)5-11(12)15/h4-5,8H,2-3,6-7,15H2,1H3. The van der Waals surface area contributed by atoms with Gasteiger partial charge >= 0.3 is 0 Å². The number of halogens is 2. The Hall–Kier alpha value is -0.150. The van der Waals surface area contributed by atoms with Gasteiger partial charge in [0, 0.05) is 29.1 Å². The van der Waals surface area contributed by atoms with Crippen LogP contribution >= 0.6 is 31.9 Å². The molecule has 0 aliphatic carbocycles. The van der Waals surface area contributed by atoms with Crippen LogP contribution in [0.4, 0.5) is 5.69 Å². The third-order valence-electron chi connectivity index (χ3n) is 3.29. The molecule has 5 nitrogen and oxygen atoms in total. The van der Waals surface area contributed by atoms with Crippen molar-refractivity contribution in [2.24, 2.45) is 5.92 Å². The molecule has 0 amide bonds. The number of sulfonamides is 1. The summed E-state index contributed by atoms with van der Waals surface area (Å²) >= 11 is 6.58. The van der Waals surface area contributed by atoms with E-state index in [9.17, 15) is 8.42 Å². The van der Waals surface area contributed by atoms with E-state index in [2.05, 4.69) is 31.9 Å². The number of rotatable bonds is 4. The molecule has 2 N–H and O–H groups in total. The largest absolute Gasteiger partial charge is 0.398 e. The van der Waals surface area contributed by atoms with Gasteiger partial charge in [0.2, 0.25) is 10.0 Å². The average Bonchev–Trinajstić information content (AvgIpc) is 2.76. The number of nitrogens with zero attached hydrogens (tertiary/aromatic N) is 1. The van der Waals surface area contributed by atoms with Crippen LogP contribution in [0.25, 0.3) is 0 Å². The van der Waals surface area contributed by atoms with Crippen molar-refractivity contribution in [3.63, 3.8) is 0 Å². The molecule has 0 spiro atoms. The van der Waals surface area contributed by atoms with Gasteiger partial charge in [0.15, 0.2) is 0 Å². The van der Waals surface area contributed by atoms with Crippen LogP contribution in [0.3, 0.4) is 0 Å². The molecule has 0 aromatic heterocycles. The van der Waals surface area contributed by atoms with Crippen molar-refractivity contribution in [3.05, 3.63) is 21.1 Å². The lowest BCUT2D eigenvalue weighted by Crippen LogP contribution is -2.30. The van der Waals surface area contributed by atoms with Gasteiger partial charge in [-0.05, 0) is 40.4 Å². The maximum Gasteiger partial charge on any atom is 0.246 e. The van der Waals surface area contributed by atoms with Gasteiger partial charge < -0.3 is 10.5 Å². The Morgan fingerprint density at radius 2 is 2.15 bits per heavy atom. The monoisotopic (exact) mass is 426 g/mol. The maximum atomic E-state index is 12.7. The van der Waals surface area contributed by atoms with Crippen molar-refractivity contribution in [1.29, 1.82) is 0 Å². The fraction of sp³-hybridized carbons (Fsp3) is 0.500. The minimum absolute atomic E-state index is 0.138. The summed E-state index contributed by atoms with van der Waals surface area (Å²) in [5, 5.41) is 0. The number of nitrogens with two attached hydrogens (primary N) is 1. The number of nitrogen functional groups attached to an aromatic ring is 1. The summed E-state index contributed by atoms with van der Waals surface area (Å²) in [5.74, 6) is 0.241. The van der Waals surface area contributed by atoms with Gasteiger partial charge in [-0.1, -0.05) is 15.9 Å². The Bertz CT molecular complexity index is 584. The van der Waals surface area contributed by atoms with Crippen molar-refractivity contribution in [3.8, 4) is 0 Å². The van der Waals surface area contributed by atoms with Crippen molar-refractivity contribution in [1.82, 2.24) is 4.31 Å². The zero-order valence-electron chi connectivity index (χ0n) is 11.0. The van der Waals surface area contributed by atoms with Gasteiger partial charge in [-0.2, -0.15) is 4.31 Å². The van der Waals surface area contributed by atoms with Gasteiger partial charge in [-0.25, -0.2) is 8.42 Å². The lowest BCUT2D eigenvalue weighted by Gasteiger charge is -2.19. The van der Waals surface area contributed by atoms with Crippen LogP contribution < -0.4 is 5.73 Å². The lowest BCUT2D eigenvalue weighted by molar-refractivity contribution is 0.157. The molecule has 1 aliphatic rings. The first kappa shape index (κ1) is 16.2. The van der Waals surface area contributed by atoms with Gasteiger partial charge in [0.25, 0.3) is 0 Å². The predicted molar refractivity (Wildman–Crippen MR) is 85.0 cm³/mol. The first-order valence-corrected chi connectivity index (χ1v) is 9.12. The number of methoxy groups -OCH3 is 1. The molecule has 1 fully saturated rings. The molecule has 1 heterocycles. The van der Waals surface area contributed by atoms with Gasteiger partial charge in [0.1, 0.15) is 4.90 Å². The van der Waals surface area contributed by atoms with Crippen LogP contribution in [0, 0.1) is 5.92 Å². The molecule has 0 bridgehead atoms. The second-order valence-electron chi connectivity index (χ2n) is 4.78. The Kier molecular flexibility index (Phi) is 5.12. The van der Waals surface area contributed by atoms with E-state index in [1.807, 2.05) is 0 Å². The molecule has 0 saturated carbocycles. The van der Waals surface area contributed by atoms with Gasteiger partial charge in [-0.3, -0.25) is 0 Å². The highest BCUT2D eigenvalue weighted by Gasteiger charge is 2.34. The first-order valence-electron chi connectivity index (χ1n) is 6.10. The smallest absolute Gasteiger partial charge is 0.246 e. The molecule has 1 unspecified atom stereocenters. The zero-order chi connectivity index (χ0) is 14.9. The molecule has 0 radical (unpaired) electrons. The van der Waals surface area contributed by atoms with E-state index < -0.39 is 10.0 Å². The first-order chi connectivity index (χ1) is 9.36. The summed E-state index contributed by atoms with van der Waals surface area (Å²) in [4.78, 5) is 0.138. The Labute approximate surface area is 135 Å². The topological polar surface area (TPSA) is 72.6 Å². The van der Waals surface area contributed by atoms with Crippen LogP contribution in [0.1, 0.15) is 6.42 Å². The van der Waals surface area contributed by atoms with E-state index in [1.165, 1.54) is 4.31 Å². The summed E-state index contributed by atoms with van der Waals surface area (Å²) in [6, 6.07) is 3.28. The van der Waals surface area contributed by atoms with Crippen molar-refractivity contribution in [2.75, 3.05) is 32.5 Å². The minimum atomic E-state index is -3.58. The van der Waals surface area contributed by atoms with E-state index in [0.29, 0.717) is 24.2 Å². The van der Waals surface area contributed by atoms with Crippen molar-refractivity contribution >= 4 is 47.6 Å². The summed E-state index contributed by atoms with van der Waals surface area (Å²) < 4.78 is 33.2. The SMILES string of the molecule is COCC1CCN(S(=O)(=O)c2c(N)cc(Br)cc2Br)C1. The number of hydrogen-bond acceptors (Lipinski definition) is 4. The number of ether oxygens (including phenoxy) is 1. The van der Waals surface area contributed by atoms with E-state index >= 15 is 0 Å². The third-order valence-corrected chi connectivity index (χ3v) is 6.61. The summed E-state index contributed by atoms with van der Waals surface area (Å²) in [5.41, 5.74) is 6.12. The van der Waals surface area contributed by atoms with Crippen LogP contribution in [-0.4, -0.2) is 39.5 Å². The van der Waals surface area contributed by atoms with Crippen LogP contribution in [-0.2, 0) is 14.8 Å². The second-order valence-corrected chi connectivity index (χ2v) is 8.42. The van der Waals surface area contributed by atoms with E-state index in [4.69, 9.17) is 10.5 Å². The maximum absolute atomic E-state index is 12.7. The molecule has 1 aromatic carbocycles. The van der Waals surface area contributed by atoms with Crippen LogP contribution in [0.2, 0.25) is 0 Å². The number of benzene rings is 1. The molecular formula is C12H16Br2N2O3S. The summed E-state index contributed by atoms with van der Waals surface area (Å²) in [6.07, 6.45) is 0.807. The molecule has 1 saturated heterocycles. The zero-order valence-corrected chi connectivity index (χ0v) is 15.0. The molecule has 20 heavy (non-hydrogen) atoms. The number of anilines is 1. The molecule has 1 aromatic rings. The predicted octanol–water partition coefficient (Wildman–Crippen LogP) is 2.45. The highest BCUT2D eigenvalue weighted by atomic mass is 79.9. The third kappa shape index (κ3) is 3.19. The molecule has 8 heteroatoms. The Morgan fingerprint density at radius 3 is 2.75 bits per heavy atom. The average molecular weight is 428 g/mol. The highest BCUT2D eigenvalue weighted by molar-refractivity contribution is 9.11. The molecular weight excluding hydrogens is 412 g/mol. The Balaban J connectivity index is 2.33. The van der Waals surface area contributed by atoms with Crippen molar-refractivity contribution < 1.29 is 13.2 Å². The second kappa shape index (κ2) is 6.31. The fourth-order valence-electron chi connectivity index (χ4n) is 2.37. The van der Waals surface area contributed by atoms with Gasteiger partial charge in [0.05, 0.1) is 12.3 Å². The van der Waals surface area contributed by atoms with Crippen LogP contribution in [0.15, 0.2) is 26.0 Å². The fourth-order valence-corrected chi connectivity index (χ4v) is 5.91. The quantitative estimate of drug-likeness (QED) is 0.749. The highest BCUT2D eigenvalue weighted by Crippen LogP contribution is 2.35. The van der Waals surface area contributed by atoms with Crippen LogP contribution in [0.5, 0.6) is 0 Å². The molecule has 112 valence electrons. The number of hydrogen-bond donors (Lipinski definition) is 1. The van der Waals surface area contributed by atoms with E-state index in [0.717, 1.165) is 10.9 Å². The minimum Gasteiger partial charge on any atom is -0.398 e. The summed E-state index contributed by atoms with van der Waals surface area (Å²) in [6.45, 7) is 1.54. The molecule has 1 atom stereocenters. The van der Waals surface area contributed by atoms with E-state index in [1.54, 1.807) is 19.2 Å². The lowest BCUT2D eigenvalue weighted by atomic mass is 10.1. The molecule has 2 rings (SSSR count). The summed E-state index contributed by atoms with van der Waals surface area (Å²) in [7, 11) is -1.96.